The van der Waals surface area contributed by atoms with Gasteiger partial charge in [-0.15, -0.1) is 0 Å². The molecule has 0 spiro atoms. The van der Waals surface area contributed by atoms with E-state index in [-0.39, 0.29) is 34.8 Å². The summed E-state index contributed by atoms with van der Waals surface area (Å²) in [6.45, 7) is 6.04. The smallest absolute Gasteiger partial charge is 0.338 e. The van der Waals surface area contributed by atoms with E-state index in [0.29, 0.717) is 16.8 Å². The second-order valence-electron chi connectivity index (χ2n) is 8.80. The summed E-state index contributed by atoms with van der Waals surface area (Å²) in [4.78, 5) is 51.4. The molecule has 0 unspecified atom stereocenters. The summed E-state index contributed by atoms with van der Waals surface area (Å²) >= 11 is 6.22. The molecule has 1 aliphatic rings. The van der Waals surface area contributed by atoms with Gasteiger partial charge in [0.25, 0.3) is 17.7 Å². The molecular weight excluding hydrogens is 506 g/mol. The van der Waals surface area contributed by atoms with Crippen LogP contribution in [0.1, 0.15) is 53.0 Å². The third-order valence-corrected chi connectivity index (χ3v) is 6.26. The van der Waals surface area contributed by atoms with Crippen molar-refractivity contribution in [3.05, 3.63) is 100 Å². The maximum atomic E-state index is 13.1. The molecule has 9 heteroatoms. The Hall–Kier alpha value is -4.43. The van der Waals surface area contributed by atoms with Gasteiger partial charge < -0.3 is 15.4 Å². The first-order valence-corrected chi connectivity index (χ1v) is 12.4. The van der Waals surface area contributed by atoms with E-state index in [1.807, 2.05) is 24.3 Å². The molecule has 2 N–H and O–H groups in total. The predicted molar refractivity (Wildman–Crippen MR) is 146 cm³/mol. The highest BCUT2D eigenvalue weighted by Gasteiger charge is 2.39. The van der Waals surface area contributed by atoms with Crippen molar-refractivity contribution in [1.82, 2.24) is 0 Å². The number of imide groups is 1. The van der Waals surface area contributed by atoms with Gasteiger partial charge in [-0.05, 0) is 73.0 Å². The first-order valence-electron chi connectivity index (χ1n) is 12.0. The summed E-state index contributed by atoms with van der Waals surface area (Å²) in [5.41, 5.74) is 3.14. The molecule has 1 aliphatic heterocycles. The van der Waals surface area contributed by atoms with E-state index in [4.69, 9.17) is 16.3 Å². The number of nitrogens with zero attached hydrogens (tertiary/aromatic N) is 1. The Kier molecular flexibility index (Phi) is 7.93. The van der Waals surface area contributed by atoms with Crippen molar-refractivity contribution in [2.45, 2.75) is 26.7 Å². The van der Waals surface area contributed by atoms with E-state index >= 15 is 0 Å². The average Bonchev–Trinajstić information content (AvgIpc) is 3.12. The van der Waals surface area contributed by atoms with Gasteiger partial charge in [-0.3, -0.25) is 14.4 Å². The summed E-state index contributed by atoms with van der Waals surface area (Å²) in [7, 11) is 0. The fraction of sp³-hybridized carbons (Fsp3) is 0.172. The third-order valence-electron chi connectivity index (χ3n) is 5.91. The summed E-state index contributed by atoms with van der Waals surface area (Å²) in [6.07, 6.45) is 0. The lowest BCUT2D eigenvalue weighted by Gasteiger charge is -2.16. The fourth-order valence-electron chi connectivity index (χ4n) is 3.96. The van der Waals surface area contributed by atoms with Crippen molar-refractivity contribution in [2.75, 3.05) is 22.1 Å². The first-order chi connectivity index (χ1) is 18.2. The van der Waals surface area contributed by atoms with Crippen molar-refractivity contribution in [3.63, 3.8) is 0 Å². The molecule has 0 radical (unpaired) electrons. The molecule has 3 amide bonds. The highest BCUT2D eigenvalue weighted by atomic mass is 35.5. The van der Waals surface area contributed by atoms with E-state index in [2.05, 4.69) is 24.5 Å². The number of para-hydroxylation sites is 1. The Labute approximate surface area is 225 Å². The number of carbonyl (C=O) groups excluding carboxylic acids is 4. The fourth-order valence-corrected chi connectivity index (χ4v) is 4.18. The number of benzene rings is 3. The summed E-state index contributed by atoms with van der Waals surface area (Å²) < 4.78 is 4.95. The zero-order chi connectivity index (χ0) is 27.4. The van der Waals surface area contributed by atoms with Gasteiger partial charge in [0.2, 0.25) is 0 Å². The summed E-state index contributed by atoms with van der Waals surface area (Å²) in [6, 6.07) is 20.0. The van der Waals surface area contributed by atoms with Crippen LogP contribution in [0, 0.1) is 0 Å². The number of carbonyl (C=O) groups is 4. The molecule has 0 fully saturated rings. The molecule has 8 nitrogen and oxygen atoms in total. The number of nitrogens with one attached hydrogen (secondary N) is 2. The lowest BCUT2D eigenvalue weighted by atomic mass is 10.0. The van der Waals surface area contributed by atoms with Crippen molar-refractivity contribution < 1.29 is 23.9 Å². The van der Waals surface area contributed by atoms with Crippen LogP contribution in [-0.2, 0) is 14.3 Å². The quantitative estimate of drug-likeness (QED) is 0.286. The van der Waals surface area contributed by atoms with Crippen LogP contribution in [0.3, 0.4) is 0 Å². The van der Waals surface area contributed by atoms with Crippen molar-refractivity contribution >= 4 is 52.4 Å². The highest BCUT2D eigenvalue weighted by Crippen LogP contribution is 2.30. The number of ether oxygens (including phenoxy) is 1. The second-order valence-corrected chi connectivity index (χ2v) is 9.18. The number of hydrogen-bond donors (Lipinski definition) is 2. The lowest BCUT2D eigenvalue weighted by molar-refractivity contribution is -0.120. The maximum absolute atomic E-state index is 13.1. The molecule has 0 saturated carbocycles. The number of anilines is 3. The molecular formula is C29H26ClN3O5. The van der Waals surface area contributed by atoms with Crippen LogP contribution in [0.15, 0.2) is 83.5 Å². The number of halogens is 1. The zero-order valence-electron chi connectivity index (χ0n) is 21.1. The van der Waals surface area contributed by atoms with Crippen molar-refractivity contribution in [3.8, 4) is 0 Å². The molecule has 194 valence electrons. The largest absolute Gasteiger partial charge is 0.462 e. The molecule has 1 heterocycles. The molecule has 4 rings (SSSR count). The van der Waals surface area contributed by atoms with Crippen molar-refractivity contribution in [2.24, 2.45) is 0 Å². The minimum atomic E-state index is -0.692. The van der Waals surface area contributed by atoms with Gasteiger partial charge in [0.15, 0.2) is 0 Å². The van der Waals surface area contributed by atoms with Gasteiger partial charge in [0.05, 0.1) is 17.9 Å². The van der Waals surface area contributed by atoms with Crippen LogP contribution in [0.2, 0.25) is 0 Å². The normalized spacial score (nSPS) is 13.2. The van der Waals surface area contributed by atoms with Gasteiger partial charge >= 0.3 is 5.97 Å². The van der Waals surface area contributed by atoms with E-state index in [0.717, 1.165) is 16.2 Å². The Bertz CT molecular complexity index is 1430. The Morgan fingerprint density at radius 1 is 0.895 bits per heavy atom. The Morgan fingerprint density at radius 3 is 2.16 bits per heavy atom. The van der Waals surface area contributed by atoms with Gasteiger partial charge in [0, 0.05) is 16.9 Å². The van der Waals surface area contributed by atoms with E-state index < -0.39 is 17.8 Å². The maximum Gasteiger partial charge on any atom is 0.338 e. The molecule has 0 aromatic heterocycles. The SMILES string of the molecule is CCOC(=O)c1ccc(N2C(=O)C(Cl)=C(Nc3ccc(C(=O)Nc4ccccc4C(C)C)cc3)C2=O)cc1. The molecule has 3 aromatic rings. The Balaban J connectivity index is 1.46. The molecule has 0 saturated heterocycles. The van der Waals surface area contributed by atoms with Gasteiger partial charge in [0.1, 0.15) is 10.7 Å². The average molecular weight is 532 g/mol. The van der Waals surface area contributed by atoms with Crippen LogP contribution in [0.25, 0.3) is 0 Å². The molecule has 0 atom stereocenters. The number of rotatable bonds is 8. The molecule has 0 aliphatic carbocycles. The minimum absolute atomic E-state index is 0.0887. The van der Waals surface area contributed by atoms with E-state index in [9.17, 15) is 19.2 Å². The topological polar surface area (TPSA) is 105 Å². The monoisotopic (exact) mass is 531 g/mol. The Morgan fingerprint density at radius 2 is 1.53 bits per heavy atom. The van der Waals surface area contributed by atoms with Crippen LogP contribution in [0.4, 0.5) is 17.1 Å². The van der Waals surface area contributed by atoms with Crippen LogP contribution in [0.5, 0.6) is 0 Å². The van der Waals surface area contributed by atoms with E-state index in [1.54, 1.807) is 31.2 Å². The summed E-state index contributed by atoms with van der Waals surface area (Å²) in [5, 5.41) is 5.56. The predicted octanol–water partition coefficient (Wildman–Crippen LogP) is 5.67. The van der Waals surface area contributed by atoms with Crippen LogP contribution >= 0.6 is 11.6 Å². The lowest BCUT2D eigenvalue weighted by Crippen LogP contribution is -2.32. The molecule has 3 aromatic carbocycles. The minimum Gasteiger partial charge on any atom is -0.462 e. The molecule has 0 bridgehead atoms. The zero-order valence-corrected chi connectivity index (χ0v) is 21.8. The van der Waals surface area contributed by atoms with E-state index in [1.165, 1.54) is 24.3 Å². The highest BCUT2D eigenvalue weighted by molar-refractivity contribution is 6.53. The van der Waals surface area contributed by atoms with Crippen LogP contribution < -0.4 is 15.5 Å². The van der Waals surface area contributed by atoms with Gasteiger partial charge in [-0.2, -0.15) is 0 Å². The first kappa shape index (κ1) is 26.6. The summed E-state index contributed by atoms with van der Waals surface area (Å²) in [5.74, 6) is -1.86. The second kappa shape index (κ2) is 11.3. The number of hydrogen-bond acceptors (Lipinski definition) is 6. The van der Waals surface area contributed by atoms with Gasteiger partial charge in [-0.1, -0.05) is 43.6 Å². The van der Waals surface area contributed by atoms with Gasteiger partial charge in [-0.25, -0.2) is 9.69 Å². The number of esters is 1. The van der Waals surface area contributed by atoms with Crippen LogP contribution in [-0.4, -0.2) is 30.3 Å². The number of amides is 3. The standard InChI is InChI=1S/C29H26ClN3O5/c1-4-38-29(37)19-11-15-21(16-12-19)33-27(35)24(30)25(28(33)36)31-20-13-9-18(10-14-20)26(34)32-23-8-6-5-7-22(23)17(2)3/h5-17,31H,4H2,1-3H3,(H,32,34). The molecule has 38 heavy (non-hydrogen) atoms. The van der Waals surface area contributed by atoms with Crippen molar-refractivity contribution in [1.29, 1.82) is 0 Å². The third kappa shape index (κ3) is 5.45.